The zero-order chi connectivity index (χ0) is 24.1. The fraction of sp³-hybridized carbons (Fsp3) is 0.167. The van der Waals surface area contributed by atoms with Crippen molar-refractivity contribution < 1.29 is 23.5 Å². The normalized spacial score (nSPS) is 10.8. The van der Waals surface area contributed by atoms with Gasteiger partial charge in [-0.3, -0.25) is 15.0 Å². The lowest BCUT2D eigenvalue weighted by Crippen LogP contribution is -2.18. The van der Waals surface area contributed by atoms with Crippen molar-refractivity contribution in [2.45, 2.75) is 26.6 Å². The summed E-state index contributed by atoms with van der Waals surface area (Å²) in [7, 11) is 0. The number of nitrogens with one attached hydrogen (secondary N) is 2. The number of carbonyl (C=O) groups is 2. The zero-order valence-electron chi connectivity index (χ0n) is 18.5. The Labute approximate surface area is 194 Å². The van der Waals surface area contributed by atoms with Crippen molar-refractivity contribution in [3.63, 3.8) is 0 Å². The van der Waals surface area contributed by atoms with Gasteiger partial charge in [0.15, 0.2) is 0 Å². The largest absolute Gasteiger partial charge is 0.447 e. The third-order valence-corrected chi connectivity index (χ3v) is 4.60. The van der Waals surface area contributed by atoms with Crippen molar-refractivity contribution in [1.82, 2.24) is 14.4 Å². The van der Waals surface area contributed by atoms with Crippen molar-refractivity contribution in [2.24, 2.45) is 0 Å². The van der Waals surface area contributed by atoms with Gasteiger partial charge in [0, 0.05) is 23.6 Å². The van der Waals surface area contributed by atoms with Crippen molar-refractivity contribution in [2.75, 3.05) is 10.6 Å². The van der Waals surface area contributed by atoms with Gasteiger partial charge in [-0.1, -0.05) is 30.3 Å². The molecule has 10 heteroatoms. The van der Waals surface area contributed by atoms with Gasteiger partial charge in [0.05, 0.1) is 23.7 Å². The van der Waals surface area contributed by atoms with Crippen LogP contribution >= 0.6 is 0 Å². The number of fused-ring (bicyclic) bond motifs is 1. The van der Waals surface area contributed by atoms with E-state index in [0.717, 1.165) is 5.56 Å². The molecule has 0 aliphatic heterocycles. The van der Waals surface area contributed by atoms with Crippen LogP contribution in [0.1, 0.15) is 19.4 Å². The lowest BCUT2D eigenvalue weighted by molar-refractivity contribution is 0.130. The van der Waals surface area contributed by atoms with E-state index >= 15 is 0 Å². The van der Waals surface area contributed by atoms with Gasteiger partial charge >= 0.3 is 12.2 Å². The number of anilines is 2. The topological polar surface area (TPSA) is 107 Å². The van der Waals surface area contributed by atoms with Crippen LogP contribution in [0.4, 0.5) is 25.4 Å². The van der Waals surface area contributed by atoms with Crippen molar-refractivity contribution in [3.8, 4) is 11.3 Å². The number of ether oxygens (including phenoxy) is 2. The summed E-state index contributed by atoms with van der Waals surface area (Å²) in [6, 6.07) is 13.4. The fourth-order valence-corrected chi connectivity index (χ4v) is 3.12. The zero-order valence-corrected chi connectivity index (χ0v) is 18.5. The summed E-state index contributed by atoms with van der Waals surface area (Å²) < 4.78 is 26.3. The highest BCUT2D eigenvalue weighted by atomic mass is 19.1. The molecular weight excluding hydrogens is 441 g/mol. The molecule has 0 unspecified atom stereocenters. The highest BCUT2D eigenvalue weighted by Crippen LogP contribution is 2.26. The van der Waals surface area contributed by atoms with Crippen LogP contribution in [0.3, 0.4) is 0 Å². The first-order chi connectivity index (χ1) is 16.4. The van der Waals surface area contributed by atoms with Gasteiger partial charge in [-0.15, -0.1) is 0 Å². The van der Waals surface area contributed by atoms with Crippen LogP contribution in [0, 0.1) is 5.82 Å². The van der Waals surface area contributed by atoms with Crippen LogP contribution in [0.25, 0.3) is 17.0 Å². The molecule has 4 aromatic rings. The first kappa shape index (κ1) is 22.7. The van der Waals surface area contributed by atoms with Crippen LogP contribution in [-0.4, -0.2) is 32.7 Å². The number of amides is 2. The molecule has 2 heterocycles. The Balaban J connectivity index is 1.48. The molecular formula is C24H22FN5O4. The molecule has 174 valence electrons. The molecule has 2 aromatic heterocycles. The highest BCUT2D eigenvalue weighted by Gasteiger charge is 2.14. The number of rotatable bonds is 6. The third kappa shape index (κ3) is 5.66. The van der Waals surface area contributed by atoms with E-state index in [0.29, 0.717) is 22.8 Å². The summed E-state index contributed by atoms with van der Waals surface area (Å²) in [5.74, 6) is -0.218. The second-order valence-corrected chi connectivity index (χ2v) is 7.64. The average Bonchev–Trinajstić information content (AvgIpc) is 3.22. The van der Waals surface area contributed by atoms with Crippen LogP contribution in [0.5, 0.6) is 0 Å². The Morgan fingerprint density at radius 1 is 1.03 bits per heavy atom. The predicted octanol–water partition coefficient (Wildman–Crippen LogP) is 5.24. The standard InChI is InChI=1S/C24H22FN5O4/c1-15(2)34-24(32)27-17-8-9-20(25)19(10-17)21-13-30-12-18(11-26-22(30)29-21)28-23(31)33-14-16-6-4-3-5-7-16/h3-13,15H,14H2,1-2H3,(H,27,32)(H,28,31). The quantitative estimate of drug-likeness (QED) is 0.405. The molecule has 2 aromatic carbocycles. The number of hydrogen-bond acceptors (Lipinski definition) is 6. The molecule has 0 spiro atoms. The molecule has 0 saturated carbocycles. The number of aromatic nitrogens is 3. The minimum Gasteiger partial charge on any atom is -0.447 e. The lowest BCUT2D eigenvalue weighted by atomic mass is 10.1. The summed E-state index contributed by atoms with van der Waals surface area (Å²) in [5, 5.41) is 5.16. The first-order valence-corrected chi connectivity index (χ1v) is 10.5. The van der Waals surface area contributed by atoms with E-state index in [2.05, 4.69) is 20.6 Å². The molecule has 2 amide bonds. The Morgan fingerprint density at radius 3 is 2.56 bits per heavy atom. The smallest absolute Gasteiger partial charge is 0.412 e. The van der Waals surface area contributed by atoms with E-state index in [9.17, 15) is 14.0 Å². The van der Waals surface area contributed by atoms with E-state index in [1.807, 2.05) is 30.3 Å². The summed E-state index contributed by atoms with van der Waals surface area (Å²) in [5.41, 5.74) is 2.07. The monoisotopic (exact) mass is 463 g/mol. The maximum atomic E-state index is 14.5. The fourth-order valence-electron chi connectivity index (χ4n) is 3.12. The van der Waals surface area contributed by atoms with Crippen molar-refractivity contribution >= 4 is 29.3 Å². The van der Waals surface area contributed by atoms with E-state index in [-0.39, 0.29) is 18.3 Å². The lowest BCUT2D eigenvalue weighted by Gasteiger charge is -2.10. The van der Waals surface area contributed by atoms with E-state index in [1.54, 1.807) is 30.6 Å². The van der Waals surface area contributed by atoms with Gasteiger partial charge in [0.1, 0.15) is 12.4 Å². The molecule has 4 rings (SSSR count). The summed E-state index contributed by atoms with van der Waals surface area (Å²) in [6.45, 7) is 3.59. The molecule has 0 fully saturated rings. The second kappa shape index (κ2) is 9.99. The molecule has 0 bridgehead atoms. The molecule has 34 heavy (non-hydrogen) atoms. The molecule has 0 aliphatic carbocycles. The Kier molecular flexibility index (Phi) is 6.67. The van der Waals surface area contributed by atoms with Gasteiger partial charge < -0.3 is 9.47 Å². The Bertz CT molecular complexity index is 1320. The minimum atomic E-state index is -0.640. The van der Waals surface area contributed by atoms with E-state index in [4.69, 9.17) is 9.47 Å². The molecule has 0 aliphatic rings. The third-order valence-electron chi connectivity index (χ3n) is 4.60. The summed E-state index contributed by atoms with van der Waals surface area (Å²) in [4.78, 5) is 32.5. The van der Waals surface area contributed by atoms with Gasteiger partial charge in [-0.25, -0.2) is 23.9 Å². The van der Waals surface area contributed by atoms with Crippen LogP contribution in [-0.2, 0) is 16.1 Å². The molecule has 0 radical (unpaired) electrons. The van der Waals surface area contributed by atoms with Gasteiger partial charge in [-0.2, -0.15) is 0 Å². The number of nitrogens with zero attached hydrogens (tertiary/aromatic N) is 3. The van der Waals surface area contributed by atoms with Gasteiger partial charge in [0.25, 0.3) is 0 Å². The highest BCUT2D eigenvalue weighted by molar-refractivity contribution is 5.86. The Morgan fingerprint density at radius 2 is 1.79 bits per heavy atom. The number of hydrogen-bond donors (Lipinski definition) is 2. The molecule has 9 nitrogen and oxygen atoms in total. The average molecular weight is 463 g/mol. The van der Waals surface area contributed by atoms with E-state index in [1.165, 1.54) is 24.4 Å². The summed E-state index contributed by atoms with van der Waals surface area (Å²) >= 11 is 0. The maximum Gasteiger partial charge on any atom is 0.412 e. The number of imidazole rings is 1. The predicted molar refractivity (Wildman–Crippen MR) is 124 cm³/mol. The van der Waals surface area contributed by atoms with Gasteiger partial charge in [-0.05, 0) is 37.6 Å². The van der Waals surface area contributed by atoms with Crippen LogP contribution < -0.4 is 10.6 Å². The molecule has 0 saturated heterocycles. The van der Waals surface area contributed by atoms with Crippen molar-refractivity contribution in [1.29, 1.82) is 0 Å². The Hall–Kier alpha value is -4.47. The minimum absolute atomic E-state index is 0.131. The SMILES string of the molecule is CC(C)OC(=O)Nc1ccc(F)c(-c2cn3cc(NC(=O)OCc4ccccc4)cnc3n2)c1. The molecule has 2 N–H and O–H groups in total. The van der Waals surface area contributed by atoms with Gasteiger partial charge in [0.2, 0.25) is 5.78 Å². The van der Waals surface area contributed by atoms with E-state index < -0.39 is 18.0 Å². The number of carbonyl (C=O) groups excluding carboxylic acids is 2. The van der Waals surface area contributed by atoms with Crippen LogP contribution in [0.15, 0.2) is 67.1 Å². The number of benzene rings is 2. The van der Waals surface area contributed by atoms with Crippen LogP contribution in [0.2, 0.25) is 0 Å². The maximum absolute atomic E-state index is 14.5. The summed E-state index contributed by atoms with van der Waals surface area (Å²) in [6.07, 6.45) is 3.01. The molecule has 0 atom stereocenters. The first-order valence-electron chi connectivity index (χ1n) is 10.5. The number of halogens is 1. The van der Waals surface area contributed by atoms with Crippen molar-refractivity contribution in [3.05, 3.63) is 78.5 Å². The second-order valence-electron chi connectivity index (χ2n) is 7.64.